The lowest BCUT2D eigenvalue weighted by Gasteiger charge is -2.28. The topological polar surface area (TPSA) is 37.3 Å². The Morgan fingerprint density at radius 1 is 1.00 bits per heavy atom. The minimum Gasteiger partial charge on any atom is -0.481 e. The highest BCUT2D eigenvalue weighted by Crippen LogP contribution is 2.37. The van der Waals surface area contributed by atoms with Crippen LogP contribution in [0.1, 0.15) is 43.6 Å². The summed E-state index contributed by atoms with van der Waals surface area (Å²) in [5, 5.41) is 12.0. The summed E-state index contributed by atoms with van der Waals surface area (Å²) < 4.78 is 0. The Morgan fingerprint density at radius 3 is 2.40 bits per heavy atom. The first-order valence-corrected chi connectivity index (χ1v) is 7.47. The van der Waals surface area contributed by atoms with E-state index in [1.54, 1.807) is 0 Å². The Hall–Kier alpha value is -1.83. The van der Waals surface area contributed by atoms with E-state index in [-0.39, 0.29) is 5.92 Å². The average Bonchev–Trinajstić information content (AvgIpc) is 2.48. The van der Waals surface area contributed by atoms with Gasteiger partial charge >= 0.3 is 5.97 Å². The van der Waals surface area contributed by atoms with Gasteiger partial charge in [0.15, 0.2) is 0 Å². The van der Waals surface area contributed by atoms with Crippen LogP contribution in [0, 0.1) is 5.92 Å². The fourth-order valence-corrected chi connectivity index (χ4v) is 3.49. The minimum atomic E-state index is -0.674. The number of rotatable bonds is 3. The molecule has 1 atom stereocenters. The van der Waals surface area contributed by atoms with E-state index in [1.807, 2.05) is 24.3 Å². The summed E-state index contributed by atoms with van der Waals surface area (Å²) in [5.41, 5.74) is 0.961. The Labute approximate surface area is 119 Å². The summed E-state index contributed by atoms with van der Waals surface area (Å²) in [6.45, 7) is 0. The largest absolute Gasteiger partial charge is 0.481 e. The number of hydrogen-bond acceptors (Lipinski definition) is 1. The molecule has 0 spiro atoms. The summed E-state index contributed by atoms with van der Waals surface area (Å²) in [5.74, 6) is -0.727. The first kappa shape index (κ1) is 13.2. The summed E-state index contributed by atoms with van der Waals surface area (Å²) in [6, 6.07) is 14.2. The molecule has 0 aliphatic heterocycles. The van der Waals surface area contributed by atoms with Gasteiger partial charge in [0.2, 0.25) is 0 Å². The molecule has 0 aromatic heterocycles. The summed E-state index contributed by atoms with van der Waals surface area (Å²) in [7, 11) is 0. The van der Waals surface area contributed by atoms with Gasteiger partial charge in [-0.15, -0.1) is 0 Å². The van der Waals surface area contributed by atoms with Crippen molar-refractivity contribution < 1.29 is 9.90 Å². The van der Waals surface area contributed by atoms with Crippen LogP contribution in [-0.2, 0) is 4.79 Å². The van der Waals surface area contributed by atoms with Crippen molar-refractivity contribution in [2.45, 2.75) is 38.0 Å². The Kier molecular flexibility index (Phi) is 3.72. The van der Waals surface area contributed by atoms with Crippen LogP contribution in [0.5, 0.6) is 0 Å². The van der Waals surface area contributed by atoms with Gasteiger partial charge < -0.3 is 5.11 Å². The first-order chi connectivity index (χ1) is 9.75. The molecular weight excluding hydrogens is 248 g/mol. The third kappa shape index (κ3) is 2.55. The second kappa shape index (κ2) is 5.66. The van der Waals surface area contributed by atoms with Crippen LogP contribution in [0.25, 0.3) is 10.8 Å². The number of carboxylic acid groups (broad SMARTS) is 1. The number of carbonyl (C=O) groups is 1. The number of aliphatic carboxylic acids is 1. The zero-order valence-electron chi connectivity index (χ0n) is 11.6. The highest BCUT2D eigenvalue weighted by atomic mass is 16.4. The molecule has 0 heterocycles. The molecule has 104 valence electrons. The molecule has 0 saturated heterocycles. The molecule has 0 bridgehead atoms. The minimum absolute atomic E-state index is 0.294. The van der Waals surface area contributed by atoms with Gasteiger partial charge in [-0.1, -0.05) is 61.7 Å². The monoisotopic (exact) mass is 268 g/mol. The molecule has 1 aliphatic carbocycles. The highest BCUT2D eigenvalue weighted by Gasteiger charge is 2.30. The number of benzene rings is 2. The first-order valence-electron chi connectivity index (χ1n) is 7.47. The molecule has 3 rings (SSSR count). The van der Waals surface area contributed by atoms with Crippen molar-refractivity contribution in [1.82, 2.24) is 0 Å². The van der Waals surface area contributed by atoms with Crippen molar-refractivity contribution in [2.24, 2.45) is 5.92 Å². The summed E-state index contributed by atoms with van der Waals surface area (Å²) in [6.07, 6.45) is 5.68. The zero-order chi connectivity index (χ0) is 13.9. The number of carboxylic acids is 1. The van der Waals surface area contributed by atoms with Gasteiger partial charge in [0.05, 0.1) is 5.92 Å². The third-order valence-electron chi connectivity index (χ3n) is 4.52. The fourth-order valence-electron chi connectivity index (χ4n) is 3.49. The van der Waals surface area contributed by atoms with Crippen LogP contribution < -0.4 is 0 Å². The highest BCUT2D eigenvalue weighted by molar-refractivity contribution is 5.85. The normalized spacial score (nSPS) is 18.0. The second-order valence-corrected chi connectivity index (χ2v) is 5.82. The summed E-state index contributed by atoms with van der Waals surface area (Å²) in [4.78, 5) is 11.7. The van der Waals surface area contributed by atoms with Gasteiger partial charge in [-0.2, -0.15) is 0 Å². The van der Waals surface area contributed by atoms with Crippen molar-refractivity contribution in [2.75, 3.05) is 0 Å². The third-order valence-corrected chi connectivity index (χ3v) is 4.52. The SMILES string of the molecule is O=C(O)[C@H](c1ccc2ccccc2c1)C1CCCCC1. The molecular formula is C18H20O2. The molecule has 2 aromatic carbocycles. The van der Waals surface area contributed by atoms with E-state index in [0.29, 0.717) is 5.92 Å². The van der Waals surface area contributed by atoms with E-state index >= 15 is 0 Å². The van der Waals surface area contributed by atoms with Crippen molar-refractivity contribution in [3.8, 4) is 0 Å². The van der Waals surface area contributed by atoms with Gasteiger partial charge in [0.1, 0.15) is 0 Å². The second-order valence-electron chi connectivity index (χ2n) is 5.82. The van der Waals surface area contributed by atoms with Crippen molar-refractivity contribution >= 4 is 16.7 Å². The molecule has 1 N–H and O–H groups in total. The van der Waals surface area contributed by atoms with Crippen LogP contribution in [0.15, 0.2) is 42.5 Å². The Bertz CT molecular complexity index is 612. The van der Waals surface area contributed by atoms with Crippen LogP contribution >= 0.6 is 0 Å². The molecule has 0 amide bonds. The fraction of sp³-hybridized carbons (Fsp3) is 0.389. The van der Waals surface area contributed by atoms with E-state index in [1.165, 1.54) is 24.6 Å². The van der Waals surface area contributed by atoms with Gasteiger partial charge in [-0.3, -0.25) is 4.79 Å². The van der Waals surface area contributed by atoms with Crippen LogP contribution in [0.3, 0.4) is 0 Å². The van der Waals surface area contributed by atoms with Gasteiger partial charge in [-0.25, -0.2) is 0 Å². The Morgan fingerprint density at radius 2 is 1.70 bits per heavy atom. The predicted octanol–water partition coefficient (Wildman–Crippen LogP) is 4.59. The van der Waals surface area contributed by atoms with E-state index in [0.717, 1.165) is 23.8 Å². The molecule has 2 heteroatoms. The van der Waals surface area contributed by atoms with Crippen molar-refractivity contribution in [3.05, 3.63) is 48.0 Å². The number of hydrogen-bond donors (Lipinski definition) is 1. The van der Waals surface area contributed by atoms with Crippen LogP contribution in [0.4, 0.5) is 0 Å². The van der Waals surface area contributed by atoms with Gasteiger partial charge in [0.25, 0.3) is 0 Å². The van der Waals surface area contributed by atoms with Crippen molar-refractivity contribution in [3.63, 3.8) is 0 Å². The van der Waals surface area contributed by atoms with Crippen LogP contribution in [-0.4, -0.2) is 11.1 Å². The van der Waals surface area contributed by atoms with E-state index in [2.05, 4.69) is 18.2 Å². The maximum atomic E-state index is 11.7. The number of fused-ring (bicyclic) bond motifs is 1. The molecule has 1 saturated carbocycles. The van der Waals surface area contributed by atoms with Gasteiger partial charge in [-0.05, 0) is 35.1 Å². The van der Waals surface area contributed by atoms with E-state index in [4.69, 9.17) is 0 Å². The quantitative estimate of drug-likeness (QED) is 0.884. The lowest BCUT2D eigenvalue weighted by Crippen LogP contribution is -2.23. The van der Waals surface area contributed by atoms with Crippen LogP contribution in [0.2, 0.25) is 0 Å². The van der Waals surface area contributed by atoms with E-state index in [9.17, 15) is 9.90 Å². The zero-order valence-corrected chi connectivity index (χ0v) is 11.6. The smallest absolute Gasteiger partial charge is 0.311 e. The molecule has 20 heavy (non-hydrogen) atoms. The lowest BCUT2D eigenvalue weighted by atomic mass is 9.76. The molecule has 2 nitrogen and oxygen atoms in total. The molecule has 0 unspecified atom stereocenters. The van der Waals surface area contributed by atoms with Crippen molar-refractivity contribution in [1.29, 1.82) is 0 Å². The molecule has 1 fully saturated rings. The molecule has 0 radical (unpaired) electrons. The maximum absolute atomic E-state index is 11.7. The molecule has 1 aliphatic rings. The maximum Gasteiger partial charge on any atom is 0.311 e. The predicted molar refractivity (Wildman–Crippen MR) is 80.9 cm³/mol. The molecule has 2 aromatic rings. The standard InChI is InChI=1S/C18H20O2/c19-18(20)17(14-7-2-1-3-8-14)16-11-10-13-6-4-5-9-15(13)12-16/h4-6,9-12,14,17H,1-3,7-8H2,(H,19,20)/t17-/m0/s1. The lowest BCUT2D eigenvalue weighted by molar-refractivity contribution is -0.140. The average molecular weight is 268 g/mol. The Balaban J connectivity index is 1.98. The van der Waals surface area contributed by atoms with Gasteiger partial charge in [0, 0.05) is 0 Å². The summed E-state index contributed by atoms with van der Waals surface area (Å²) >= 11 is 0. The van der Waals surface area contributed by atoms with E-state index < -0.39 is 5.97 Å².